The molecule has 1 aromatic heterocycles. The van der Waals surface area contributed by atoms with Crippen LogP contribution in [0.1, 0.15) is 5.56 Å². The van der Waals surface area contributed by atoms with E-state index in [9.17, 15) is 8.42 Å². The molecule has 0 aliphatic heterocycles. The van der Waals surface area contributed by atoms with E-state index in [0.29, 0.717) is 18.0 Å². The fraction of sp³-hybridized carbons (Fsp3) is 0.235. The van der Waals surface area contributed by atoms with E-state index < -0.39 is 10.0 Å². The first-order chi connectivity index (χ1) is 11.0. The molecule has 0 atom stereocenters. The van der Waals surface area contributed by atoms with E-state index in [1.165, 1.54) is 0 Å². The Kier molecular flexibility index (Phi) is 6.00. The van der Waals surface area contributed by atoms with Crippen LogP contribution < -0.4 is 33.3 Å². The van der Waals surface area contributed by atoms with Gasteiger partial charge in [-0.25, -0.2) is 22.3 Å². The normalized spacial score (nSPS) is 11.4. The molecule has 3 rings (SSSR count). The smallest absolute Gasteiger partial charge is 0.244 e. The van der Waals surface area contributed by atoms with Crippen molar-refractivity contribution < 1.29 is 37.0 Å². The third kappa shape index (κ3) is 3.96. The van der Waals surface area contributed by atoms with Gasteiger partial charge in [-0.1, -0.05) is 29.8 Å². The van der Waals surface area contributed by atoms with Crippen molar-refractivity contribution in [3.8, 4) is 0 Å². The van der Waals surface area contributed by atoms with Gasteiger partial charge in [0.05, 0.1) is 11.9 Å². The monoisotopic (exact) mass is 457 g/mol. The summed E-state index contributed by atoms with van der Waals surface area (Å²) in [5, 5.41) is 0. The number of nitrogens with one attached hydrogen (secondary N) is 1. The zero-order chi connectivity index (χ0) is 16.4. The average Bonchev–Trinajstić information content (AvgIpc) is 2.85. The minimum absolute atomic E-state index is 0. The van der Waals surface area contributed by atoms with Gasteiger partial charge in [-0.05, 0) is 31.2 Å². The van der Waals surface area contributed by atoms with Gasteiger partial charge in [-0.15, -0.1) is 0 Å². The lowest BCUT2D eigenvalue weighted by atomic mass is 10.2. The number of halogens is 1. The summed E-state index contributed by atoms with van der Waals surface area (Å²) < 4.78 is 31.3. The number of aryl methyl sites for hydroxylation is 2. The first-order valence-corrected chi connectivity index (χ1v) is 8.95. The molecule has 1 N–H and O–H groups in total. The second-order valence-corrected chi connectivity index (χ2v) is 7.39. The lowest BCUT2D eigenvalue weighted by Crippen LogP contribution is -3.00. The van der Waals surface area contributed by atoms with Crippen LogP contribution in [0.3, 0.4) is 0 Å². The van der Waals surface area contributed by atoms with Gasteiger partial charge in [0.2, 0.25) is 16.4 Å². The molecule has 0 radical (unpaired) electrons. The molecule has 128 valence electrons. The Labute approximate surface area is 159 Å². The number of aromatic nitrogens is 2. The molecule has 0 amide bonds. The van der Waals surface area contributed by atoms with Gasteiger partial charge in [-0.3, -0.25) is 0 Å². The lowest BCUT2D eigenvalue weighted by molar-refractivity contribution is -0.645. The number of hydrogen-bond donors (Lipinski definition) is 1. The standard InChI is InChI=1S/C17H20N3O2S.HI/c1-14-7-9-15(10-8-14)23(21,22)18-11-12-20-13-19(2)16-5-3-4-6-17(16)20;/h3-10,13,18H,11-12H2,1-2H3;1H/q+1;/p-1. The van der Waals surface area contributed by atoms with Gasteiger partial charge >= 0.3 is 0 Å². The number of benzene rings is 2. The quantitative estimate of drug-likeness (QED) is 0.385. The Morgan fingerprint density at radius 3 is 2.46 bits per heavy atom. The third-order valence-corrected chi connectivity index (χ3v) is 5.34. The summed E-state index contributed by atoms with van der Waals surface area (Å²) in [6.45, 7) is 2.85. The predicted octanol–water partition coefficient (Wildman–Crippen LogP) is -1.24. The molecule has 0 saturated heterocycles. The maximum Gasteiger partial charge on any atom is 0.244 e. The fourth-order valence-electron chi connectivity index (χ4n) is 2.62. The number of rotatable bonds is 5. The summed E-state index contributed by atoms with van der Waals surface area (Å²) in [4.78, 5) is 0.297. The largest absolute Gasteiger partial charge is 1.00 e. The molecule has 24 heavy (non-hydrogen) atoms. The van der Waals surface area contributed by atoms with Gasteiger partial charge in [0, 0.05) is 6.54 Å². The van der Waals surface area contributed by atoms with E-state index in [-0.39, 0.29) is 24.0 Å². The maximum absolute atomic E-state index is 12.3. The highest BCUT2D eigenvalue weighted by Gasteiger charge is 2.15. The summed E-state index contributed by atoms with van der Waals surface area (Å²) in [5.41, 5.74) is 3.24. The molecule has 0 fully saturated rings. The molecule has 3 aromatic rings. The molecule has 0 spiro atoms. The van der Waals surface area contributed by atoms with Gasteiger partial charge in [0.25, 0.3) is 0 Å². The number of sulfonamides is 1. The molecule has 1 heterocycles. The Balaban J connectivity index is 0.00000208. The first kappa shape index (κ1) is 18.9. The number of para-hydroxylation sites is 2. The van der Waals surface area contributed by atoms with Crippen molar-refractivity contribution >= 4 is 21.1 Å². The zero-order valence-corrected chi connectivity index (χ0v) is 16.6. The Bertz CT molecular complexity index is 934. The summed E-state index contributed by atoms with van der Waals surface area (Å²) in [7, 11) is -1.48. The molecular weight excluding hydrogens is 437 g/mol. The van der Waals surface area contributed by atoms with Crippen LogP contribution in [0, 0.1) is 6.92 Å². The highest BCUT2D eigenvalue weighted by molar-refractivity contribution is 7.89. The minimum Gasteiger partial charge on any atom is -1.00 e. The van der Waals surface area contributed by atoms with Gasteiger partial charge in [0.1, 0.15) is 6.54 Å². The molecule has 2 aromatic carbocycles. The molecule has 0 bridgehead atoms. The maximum atomic E-state index is 12.3. The molecule has 0 aliphatic rings. The van der Waals surface area contributed by atoms with E-state index in [0.717, 1.165) is 16.6 Å². The highest BCUT2D eigenvalue weighted by Crippen LogP contribution is 2.11. The molecule has 5 nitrogen and oxygen atoms in total. The molecular formula is C17H20IN3O2S. The summed E-state index contributed by atoms with van der Waals surface area (Å²) >= 11 is 0. The van der Waals surface area contributed by atoms with E-state index in [1.54, 1.807) is 24.3 Å². The zero-order valence-electron chi connectivity index (χ0n) is 13.6. The Morgan fingerprint density at radius 2 is 1.75 bits per heavy atom. The van der Waals surface area contributed by atoms with Crippen LogP contribution in [-0.4, -0.2) is 19.5 Å². The van der Waals surface area contributed by atoms with Crippen LogP contribution in [0.5, 0.6) is 0 Å². The van der Waals surface area contributed by atoms with E-state index in [4.69, 9.17) is 0 Å². The Morgan fingerprint density at radius 1 is 1.08 bits per heavy atom. The number of fused-ring (bicyclic) bond motifs is 1. The van der Waals surface area contributed by atoms with Crippen molar-refractivity contribution in [2.75, 3.05) is 6.54 Å². The summed E-state index contributed by atoms with van der Waals surface area (Å²) in [5.74, 6) is 0. The minimum atomic E-state index is -3.46. The van der Waals surface area contributed by atoms with Crippen LogP contribution in [0.4, 0.5) is 0 Å². The SMILES string of the molecule is Cc1ccc(S(=O)(=O)NCCn2c[n+](C)c3ccccc32)cc1.[I-]. The van der Waals surface area contributed by atoms with E-state index in [2.05, 4.69) is 4.72 Å². The second-order valence-electron chi connectivity index (χ2n) is 5.62. The third-order valence-electron chi connectivity index (χ3n) is 3.86. The van der Waals surface area contributed by atoms with Crippen molar-refractivity contribution in [3.63, 3.8) is 0 Å². The van der Waals surface area contributed by atoms with Crippen LogP contribution in [0.15, 0.2) is 59.8 Å². The van der Waals surface area contributed by atoms with Crippen molar-refractivity contribution in [2.45, 2.75) is 18.4 Å². The van der Waals surface area contributed by atoms with Crippen molar-refractivity contribution in [3.05, 3.63) is 60.4 Å². The van der Waals surface area contributed by atoms with Gasteiger partial charge in [-0.2, -0.15) is 0 Å². The van der Waals surface area contributed by atoms with Crippen LogP contribution in [-0.2, 0) is 23.6 Å². The summed E-state index contributed by atoms with van der Waals surface area (Å²) in [6, 6.07) is 14.9. The molecule has 7 heteroatoms. The van der Waals surface area contributed by atoms with Crippen molar-refractivity contribution in [1.82, 2.24) is 9.29 Å². The van der Waals surface area contributed by atoms with Crippen molar-refractivity contribution in [2.24, 2.45) is 7.05 Å². The van der Waals surface area contributed by atoms with E-state index >= 15 is 0 Å². The summed E-state index contributed by atoms with van der Waals surface area (Å²) in [6.07, 6.45) is 1.98. The van der Waals surface area contributed by atoms with E-state index in [1.807, 2.05) is 53.7 Å². The topological polar surface area (TPSA) is 55.0 Å². The fourth-order valence-corrected chi connectivity index (χ4v) is 3.64. The number of imidazole rings is 1. The lowest BCUT2D eigenvalue weighted by Gasteiger charge is -2.06. The van der Waals surface area contributed by atoms with Crippen LogP contribution in [0.2, 0.25) is 0 Å². The van der Waals surface area contributed by atoms with Gasteiger partial charge < -0.3 is 24.0 Å². The highest BCUT2D eigenvalue weighted by atomic mass is 127. The first-order valence-electron chi connectivity index (χ1n) is 7.47. The molecule has 0 unspecified atom stereocenters. The average molecular weight is 457 g/mol. The van der Waals surface area contributed by atoms with Crippen molar-refractivity contribution in [1.29, 1.82) is 0 Å². The molecule has 0 aliphatic carbocycles. The van der Waals surface area contributed by atoms with Gasteiger partial charge in [0.15, 0.2) is 11.0 Å². The number of hydrogen-bond acceptors (Lipinski definition) is 2. The van der Waals surface area contributed by atoms with Crippen LogP contribution >= 0.6 is 0 Å². The number of nitrogens with zero attached hydrogens (tertiary/aromatic N) is 2. The van der Waals surface area contributed by atoms with Crippen LogP contribution in [0.25, 0.3) is 11.0 Å². The molecule has 0 saturated carbocycles. The second kappa shape index (κ2) is 7.62. The predicted molar refractivity (Wildman–Crippen MR) is 89.5 cm³/mol. The Hall–Kier alpha value is -1.45.